The lowest BCUT2D eigenvalue weighted by Gasteiger charge is -2.08. The fourth-order valence-electron chi connectivity index (χ4n) is 2.78. The Kier molecular flexibility index (Phi) is 6.97. The fourth-order valence-corrected chi connectivity index (χ4v) is 3.29. The van der Waals surface area contributed by atoms with Crippen LogP contribution in [-0.2, 0) is 16.1 Å². The Morgan fingerprint density at radius 2 is 1.90 bits per heavy atom. The number of methoxy groups -OCH3 is 1. The van der Waals surface area contributed by atoms with E-state index in [0.717, 1.165) is 5.56 Å². The second-order valence-corrected chi connectivity index (χ2v) is 7.12. The van der Waals surface area contributed by atoms with E-state index in [1.165, 1.54) is 11.8 Å². The summed E-state index contributed by atoms with van der Waals surface area (Å²) in [5.74, 6) is -0.629. The van der Waals surface area contributed by atoms with Crippen LogP contribution in [-0.4, -0.2) is 35.4 Å². The van der Waals surface area contributed by atoms with Gasteiger partial charge in [0.1, 0.15) is 16.5 Å². The number of benzene rings is 2. The van der Waals surface area contributed by atoms with Crippen molar-refractivity contribution in [1.82, 2.24) is 9.78 Å². The number of halogens is 2. The van der Waals surface area contributed by atoms with Crippen LogP contribution in [0.1, 0.15) is 21.6 Å². The topological polar surface area (TPSA) is 82.4 Å². The smallest absolute Gasteiger partial charge is 0.343 e. The number of rotatable bonds is 7. The zero-order valence-corrected chi connectivity index (χ0v) is 17.8. The summed E-state index contributed by atoms with van der Waals surface area (Å²) in [4.78, 5) is 24.6. The Bertz CT molecular complexity index is 1080. The maximum absolute atomic E-state index is 12.5. The highest BCUT2D eigenvalue weighted by Crippen LogP contribution is 2.24. The molecule has 1 heterocycles. The van der Waals surface area contributed by atoms with E-state index in [1.54, 1.807) is 37.3 Å². The van der Waals surface area contributed by atoms with Crippen LogP contribution in [0, 0.1) is 6.92 Å². The first kappa shape index (κ1) is 21.7. The number of aryl methyl sites for hydroxylation is 1. The largest absolute Gasteiger partial charge is 0.497 e. The number of hydrogen-bond donors (Lipinski definition) is 1. The van der Waals surface area contributed by atoms with Crippen molar-refractivity contribution in [3.05, 3.63) is 75.5 Å². The van der Waals surface area contributed by atoms with Gasteiger partial charge in [-0.15, -0.1) is 0 Å². The number of ether oxygens (including phenoxy) is 2. The van der Waals surface area contributed by atoms with Crippen LogP contribution in [0.25, 0.3) is 0 Å². The summed E-state index contributed by atoms with van der Waals surface area (Å²) < 4.78 is 11.7. The number of aromatic nitrogens is 2. The van der Waals surface area contributed by atoms with E-state index in [9.17, 15) is 9.59 Å². The lowest BCUT2D eigenvalue weighted by atomic mass is 10.2. The molecule has 0 bridgehead atoms. The molecular formula is C21H19Cl2N3O4. The van der Waals surface area contributed by atoms with Gasteiger partial charge in [-0.1, -0.05) is 47.5 Å². The first-order valence-electron chi connectivity index (χ1n) is 8.96. The molecule has 0 spiro atoms. The molecule has 0 aliphatic heterocycles. The minimum atomic E-state index is -0.733. The summed E-state index contributed by atoms with van der Waals surface area (Å²) in [5, 5.41) is 7.61. The van der Waals surface area contributed by atoms with Gasteiger partial charge in [0.2, 0.25) is 0 Å². The molecule has 9 heteroatoms. The van der Waals surface area contributed by atoms with Gasteiger partial charge in [-0.3, -0.25) is 4.79 Å². The summed E-state index contributed by atoms with van der Waals surface area (Å²) in [6.45, 7) is 1.46. The molecule has 0 saturated carbocycles. The molecule has 0 aliphatic rings. The van der Waals surface area contributed by atoms with Crippen LogP contribution in [0.2, 0.25) is 10.2 Å². The number of carbonyl (C=O) groups is 2. The third kappa shape index (κ3) is 5.11. The van der Waals surface area contributed by atoms with Crippen LogP contribution < -0.4 is 10.1 Å². The minimum absolute atomic E-state index is 0.109. The normalized spacial score (nSPS) is 10.5. The van der Waals surface area contributed by atoms with E-state index in [4.69, 9.17) is 32.7 Å². The molecule has 2 aromatic carbocycles. The quantitative estimate of drug-likeness (QED) is 0.544. The van der Waals surface area contributed by atoms with Crippen LogP contribution in [0.4, 0.5) is 5.69 Å². The van der Waals surface area contributed by atoms with Gasteiger partial charge in [0.15, 0.2) is 6.61 Å². The highest BCUT2D eigenvalue weighted by Gasteiger charge is 2.23. The van der Waals surface area contributed by atoms with Crippen molar-refractivity contribution in [3.63, 3.8) is 0 Å². The third-order valence-corrected chi connectivity index (χ3v) is 4.99. The Morgan fingerprint density at radius 3 is 2.63 bits per heavy atom. The SMILES string of the molecule is COc1cccc(NC(=O)COC(=O)c2c(C)nn(Cc3ccccc3Cl)c2Cl)c1. The Hall–Kier alpha value is -3.03. The molecule has 1 amide bonds. The molecule has 0 aliphatic carbocycles. The first-order chi connectivity index (χ1) is 14.4. The maximum atomic E-state index is 12.5. The number of nitrogens with one attached hydrogen (secondary N) is 1. The number of esters is 1. The van der Waals surface area contributed by atoms with E-state index in [2.05, 4.69) is 10.4 Å². The van der Waals surface area contributed by atoms with E-state index >= 15 is 0 Å². The number of hydrogen-bond acceptors (Lipinski definition) is 5. The molecule has 0 unspecified atom stereocenters. The van der Waals surface area contributed by atoms with Gasteiger partial charge in [0.25, 0.3) is 5.91 Å². The zero-order chi connectivity index (χ0) is 21.7. The zero-order valence-electron chi connectivity index (χ0n) is 16.3. The van der Waals surface area contributed by atoms with Crippen molar-refractivity contribution in [1.29, 1.82) is 0 Å². The average molecular weight is 448 g/mol. The molecule has 156 valence electrons. The van der Waals surface area contributed by atoms with E-state index in [-0.39, 0.29) is 10.7 Å². The number of carbonyl (C=O) groups excluding carboxylic acids is 2. The molecule has 3 rings (SSSR count). The van der Waals surface area contributed by atoms with Crippen LogP contribution in [0.5, 0.6) is 5.75 Å². The molecule has 0 radical (unpaired) electrons. The summed E-state index contributed by atoms with van der Waals surface area (Å²) in [6, 6.07) is 14.1. The molecule has 7 nitrogen and oxygen atoms in total. The van der Waals surface area contributed by atoms with Crippen molar-refractivity contribution in [2.45, 2.75) is 13.5 Å². The fraction of sp³-hybridized carbons (Fsp3) is 0.190. The van der Waals surface area contributed by atoms with Crippen molar-refractivity contribution in [2.75, 3.05) is 19.0 Å². The minimum Gasteiger partial charge on any atom is -0.497 e. The molecular weight excluding hydrogens is 429 g/mol. The Labute approximate surface area is 183 Å². The summed E-state index contributed by atoms with van der Waals surface area (Å²) >= 11 is 12.5. The summed E-state index contributed by atoms with van der Waals surface area (Å²) in [6.07, 6.45) is 0. The standard InChI is InChI=1S/C21H19Cl2N3O4/c1-13-19(20(23)26(25-13)11-14-6-3-4-9-17(14)22)21(28)30-12-18(27)24-15-7-5-8-16(10-15)29-2/h3-10H,11-12H2,1-2H3,(H,24,27). The molecule has 30 heavy (non-hydrogen) atoms. The van der Waals surface area contributed by atoms with Crippen molar-refractivity contribution < 1.29 is 19.1 Å². The number of anilines is 1. The maximum Gasteiger partial charge on any atom is 0.343 e. The van der Waals surface area contributed by atoms with Gasteiger partial charge in [-0.2, -0.15) is 5.10 Å². The molecule has 1 aromatic heterocycles. The summed E-state index contributed by atoms with van der Waals surface area (Å²) in [7, 11) is 1.53. The second-order valence-electron chi connectivity index (χ2n) is 6.36. The van der Waals surface area contributed by atoms with E-state index in [1.807, 2.05) is 18.2 Å². The predicted octanol–water partition coefficient (Wildman–Crippen LogP) is 4.35. The molecule has 1 N–H and O–H groups in total. The lowest BCUT2D eigenvalue weighted by molar-refractivity contribution is -0.119. The van der Waals surface area contributed by atoms with Gasteiger partial charge >= 0.3 is 5.97 Å². The number of amides is 1. The van der Waals surface area contributed by atoms with Gasteiger partial charge in [0, 0.05) is 16.8 Å². The first-order valence-corrected chi connectivity index (χ1v) is 9.72. The van der Waals surface area contributed by atoms with Crippen LogP contribution in [0.15, 0.2) is 48.5 Å². The van der Waals surface area contributed by atoms with Gasteiger partial charge < -0.3 is 14.8 Å². The molecule has 3 aromatic rings. The Morgan fingerprint density at radius 1 is 1.13 bits per heavy atom. The monoisotopic (exact) mass is 447 g/mol. The van der Waals surface area contributed by atoms with E-state index < -0.39 is 18.5 Å². The molecule has 0 saturated heterocycles. The predicted molar refractivity (Wildman–Crippen MR) is 114 cm³/mol. The van der Waals surface area contributed by atoms with E-state index in [0.29, 0.717) is 28.7 Å². The summed E-state index contributed by atoms with van der Waals surface area (Å²) in [5.41, 5.74) is 1.83. The molecule has 0 atom stereocenters. The highest BCUT2D eigenvalue weighted by molar-refractivity contribution is 6.33. The van der Waals surface area contributed by atoms with Crippen molar-refractivity contribution in [3.8, 4) is 5.75 Å². The highest BCUT2D eigenvalue weighted by atomic mass is 35.5. The van der Waals surface area contributed by atoms with Crippen molar-refractivity contribution in [2.24, 2.45) is 0 Å². The van der Waals surface area contributed by atoms with Crippen molar-refractivity contribution >= 4 is 40.8 Å². The van der Waals surface area contributed by atoms with Gasteiger partial charge in [-0.05, 0) is 30.7 Å². The third-order valence-electron chi connectivity index (χ3n) is 4.24. The van der Waals surface area contributed by atoms with Crippen LogP contribution in [0.3, 0.4) is 0 Å². The average Bonchev–Trinajstić information content (AvgIpc) is 3.01. The van der Waals surface area contributed by atoms with Gasteiger partial charge in [-0.25, -0.2) is 9.48 Å². The molecule has 0 fully saturated rings. The lowest BCUT2D eigenvalue weighted by Crippen LogP contribution is -2.21. The second kappa shape index (κ2) is 9.65. The van der Waals surface area contributed by atoms with Gasteiger partial charge in [0.05, 0.1) is 19.3 Å². The number of nitrogens with zero attached hydrogens (tertiary/aromatic N) is 2. The Balaban J connectivity index is 1.64. The van der Waals surface area contributed by atoms with Crippen LogP contribution >= 0.6 is 23.2 Å².